The average Bonchev–Trinajstić information content (AvgIpc) is 3.39. The van der Waals surface area contributed by atoms with Gasteiger partial charge in [0.25, 0.3) is 0 Å². The van der Waals surface area contributed by atoms with Crippen LogP contribution in [-0.4, -0.2) is 80.0 Å². The molecule has 3 aliphatic rings. The molecule has 0 atom stereocenters. The van der Waals surface area contributed by atoms with Gasteiger partial charge >= 0.3 is 0 Å². The van der Waals surface area contributed by atoms with E-state index in [1.165, 1.54) is 55.5 Å². The fourth-order valence-corrected chi connectivity index (χ4v) is 4.85. The topological polar surface area (TPSA) is 60.9 Å². The minimum Gasteiger partial charge on any atom is -0.339 e. The third-order valence-corrected chi connectivity index (χ3v) is 6.98. The maximum atomic E-state index is 12.7. The van der Waals surface area contributed by atoms with Gasteiger partial charge in [-0.25, -0.2) is 8.42 Å². The van der Waals surface area contributed by atoms with Crippen molar-refractivity contribution in [1.82, 2.24) is 14.1 Å². The fourth-order valence-electron chi connectivity index (χ4n) is 4.03. The summed E-state index contributed by atoms with van der Waals surface area (Å²) in [6.07, 6.45) is 10.3. The van der Waals surface area contributed by atoms with Crippen LogP contribution in [0.2, 0.25) is 0 Å². The molecule has 0 aromatic carbocycles. The molecule has 3 rings (SSSR count). The molecule has 0 aromatic rings. The zero-order valence-electron chi connectivity index (χ0n) is 14.8. The van der Waals surface area contributed by atoms with Crippen LogP contribution >= 0.6 is 0 Å². The van der Waals surface area contributed by atoms with E-state index in [0.717, 1.165) is 12.5 Å². The van der Waals surface area contributed by atoms with Gasteiger partial charge in [-0.1, -0.05) is 19.3 Å². The van der Waals surface area contributed by atoms with Gasteiger partial charge in [-0.3, -0.25) is 9.69 Å². The van der Waals surface area contributed by atoms with E-state index in [4.69, 9.17) is 0 Å². The number of hydrogen-bond donors (Lipinski definition) is 0. The number of sulfonamides is 1. The monoisotopic (exact) mass is 357 g/mol. The van der Waals surface area contributed by atoms with Gasteiger partial charge in [-0.05, 0) is 31.6 Å². The first-order valence-corrected chi connectivity index (χ1v) is 11.3. The maximum Gasteiger partial charge on any atom is 0.236 e. The molecule has 138 valence electrons. The van der Waals surface area contributed by atoms with Crippen molar-refractivity contribution in [3.63, 3.8) is 0 Å². The number of piperazine rings is 1. The van der Waals surface area contributed by atoms with Gasteiger partial charge in [-0.2, -0.15) is 4.31 Å². The van der Waals surface area contributed by atoms with E-state index in [1.807, 2.05) is 4.90 Å². The van der Waals surface area contributed by atoms with Crippen molar-refractivity contribution in [2.45, 2.75) is 51.0 Å². The molecule has 6 nitrogen and oxygen atoms in total. The quantitative estimate of drug-likeness (QED) is 0.715. The van der Waals surface area contributed by atoms with Gasteiger partial charge in [0.2, 0.25) is 15.9 Å². The van der Waals surface area contributed by atoms with Crippen LogP contribution in [0.1, 0.15) is 44.9 Å². The summed E-state index contributed by atoms with van der Waals surface area (Å²) in [6, 6.07) is 0.605. The Morgan fingerprint density at radius 1 is 1.00 bits per heavy atom. The van der Waals surface area contributed by atoms with Crippen molar-refractivity contribution in [2.24, 2.45) is 5.92 Å². The van der Waals surface area contributed by atoms with E-state index in [-0.39, 0.29) is 5.91 Å². The minimum absolute atomic E-state index is 0.172. The molecule has 0 N–H and O–H groups in total. The van der Waals surface area contributed by atoms with Crippen molar-refractivity contribution < 1.29 is 13.2 Å². The van der Waals surface area contributed by atoms with Crippen molar-refractivity contribution >= 4 is 15.9 Å². The van der Waals surface area contributed by atoms with Crippen LogP contribution in [0.15, 0.2) is 0 Å². The summed E-state index contributed by atoms with van der Waals surface area (Å²) in [6.45, 7) is 3.48. The van der Waals surface area contributed by atoms with Gasteiger partial charge in [0.1, 0.15) is 0 Å². The van der Waals surface area contributed by atoms with Crippen molar-refractivity contribution in [3.8, 4) is 0 Å². The molecule has 1 aliphatic heterocycles. The van der Waals surface area contributed by atoms with E-state index in [9.17, 15) is 13.2 Å². The third-order valence-electron chi connectivity index (χ3n) is 5.68. The highest BCUT2D eigenvalue weighted by Crippen LogP contribution is 2.31. The lowest BCUT2D eigenvalue weighted by Gasteiger charge is -2.35. The van der Waals surface area contributed by atoms with Gasteiger partial charge < -0.3 is 4.90 Å². The molecule has 0 unspecified atom stereocenters. The Kier molecular flexibility index (Phi) is 5.82. The molecule has 2 saturated carbocycles. The second kappa shape index (κ2) is 7.70. The smallest absolute Gasteiger partial charge is 0.236 e. The Bertz CT molecular complexity index is 533. The first-order valence-electron chi connectivity index (χ1n) is 9.40. The molecule has 7 heteroatoms. The van der Waals surface area contributed by atoms with Gasteiger partial charge in [0, 0.05) is 38.8 Å². The minimum atomic E-state index is -3.14. The summed E-state index contributed by atoms with van der Waals surface area (Å²) in [5, 5.41) is 0. The number of rotatable bonds is 6. The highest BCUT2D eigenvalue weighted by Gasteiger charge is 2.34. The Morgan fingerprint density at radius 2 is 1.62 bits per heavy atom. The lowest BCUT2D eigenvalue weighted by molar-refractivity contribution is -0.134. The lowest BCUT2D eigenvalue weighted by atomic mass is 9.89. The third kappa shape index (κ3) is 4.92. The predicted octanol–water partition coefficient (Wildman–Crippen LogP) is 1.13. The number of carbonyl (C=O) groups excluding carboxylic acids is 1. The standard InChI is InChI=1S/C17H31N3O3S/c1-24(22,23)20-11-9-18(10-12-20)17(21)14-19(16-7-8-16)13-15-5-3-2-4-6-15/h15-16H,2-14H2,1H3. The van der Waals surface area contributed by atoms with Crippen LogP contribution in [0.25, 0.3) is 0 Å². The largest absolute Gasteiger partial charge is 0.339 e. The number of nitrogens with zero attached hydrogens (tertiary/aromatic N) is 3. The first-order chi connectivity index (χ1) is 11.4. The van der Waals surface area contributed by atoms with Gasteiger partial charge in [0.15, 0.2) is 0 Å². The van der Waals surface area contributed by atoms with Crippen LogP contribution in [0.5, 0.6) is 0 Å². The molecule has 0 spiro atoms. The molecule has 24 heavy (non-hydrogen) atoms. The van der Waals surface area contributed by atoms with E-state index in [1.54, 1.807) is 0 Å². The molecule has 1 amide bonds. The zero-order chi connectivity index (χ0) is 17.2. The molecule has 2 aliphatic carbocycles. The second-order valence-corrected chi connectivity index (χ2v) is 9.69. The Hall–Kier alpha value is -0.660. The predicted molar refractivity (Wildman–Crippen MR) is 94.2 cm³/mol. The summed E-state index contributed by atoms with van der Waals surface area (Å²) < 4.78 is 24.6. The zero-order valence-corrected chi connectivity index (χ0v) is 15.6. The SMILES string of the molecule is CS(=O)(=O)N1CCN(C(=O)CN(CC2CCCCC2)C2CC2)CC1. The summed E-state index contributed by atoms with van der Waals surface area (Å²) in [4.78, 5) is 16.9. The van der Waals surface area contributed by atoms with E-state index in [0.29, 0.717) is 38.8 Å². The van der Waals surface area contributed by atoms with E-state index < -0.39 is 10.0 Å². The summed E-state index contributed by atoms with van der Waals surface area (Å²) in [5.41, 5.74) is 0. The molecule has 0 aromatic heterocycles. The lowest BCUT2D eigenvalue weighted by Crippen LogP contribution is -2.52. The van der Waals surface area contributed by atoms with Crippen LogP contribution in [0, 0.1) is 5.92 Å². The number of carbonyl (C=O) groups is 1. The molecule has 1 heterocycles. The maximum absolute atomic E-state index is 12.7. The molecule has 0 radical (unpaired) electrons. The van der Waals surface area contributed by atoms with Crippen LogP contribution in [0.4, 0.5) is 0 Å². The number of amides is 1. The van der Waals surface area contributed by atoms with Crippen molar-refractivity contribution in [2.75, 3.05) is 45.5 Å². The molecule has 0 bridgehead atoms. The van der Waals surface area contributed by atoms with Gasteiger partial charge in [-0.15, -0.1) is 0 Å². The van der Waals surface area contributed by atoms with Crippen LogP contribution in [-0.2, 0) is 14.8 Å². The van der Waals surface area contributed by atoms with E-state index in [2.05, 4.69) is 4.90 Å². The van der Waals surface area contributed by atoms with Crippen LogP contribution in [0.3, 0.4) is 0 Å². The Labute approximate surface area is 146 Å². The molecule has 1 saturated heterocycles. The summed E-state index contributed by atoms with van der Waals surface area (Å²) in [5.74, 6) is 0.931. The molecule has 3 fully saturated rings. The summed E-state index contributed by atoms with van der Waals surface area (Å²) >= 11 is 0. The van der Waals surface area contributed by atoms with Crippen molar-refractivity contribution in [1.29, 1.82) is 0 Å². The molecular weight excluding hydrogens is 326 g/mol. The highest BCUT2D eigenvalue weighted by atomic mass is 32.2. The van der Waals surface area contributed by atoms with E-state index >= 15 is 0 Å². The normalized spacial score (nSPS) is 24.5. The van der Waals surface area contributed by atoms with Gasteiger partial charge in [0.05, 0.1) is 12.8 Å². The Morgan fingerprint density at radius 3 is 2.17 bits per heavy atom. The average molecular weight is 358 g/mol. The Balaban J connectivity index is 1.49. The van der Waals surface area contributed by atoms with Crippen LogP contribution < -0.4 is 0 Å². The second-order valence-electron chi connectivity index (χ2n) is 7.71. The fraction of sp³-hybridized carbons (Fsp3) is 0.941. The highest BCUT2D eigenvalue weighted by molar-refractivity contribution is 7.88. The number of hydrogen-bond acceptors (Lipinski definition) is 4. The summed E-state index contributed by atoms with van der Waals surface area (Å²) in [7, 11) is -3.14. The van der Waals surface area contributed by atoms with Crippen molar-refractivity contribution in [3.05, 3.63) is 0 Å². The molecular formula is C17H31N3O3S. The first kappa shape index (κ1) is 18.1.